The third-order valence-corrected chi connectivity index (χ3v) is 4.01. The highest BCUT2D eigenvalue weighted by Gasteiger charge is 2.26. The lowest BCUT2D eigenvalue weighted by Crippen LogP contribution is -2.38. The van der Waals surface area contributed by atoms with Crippen molar-refractivity contribution >= 4 is 0 Å². The van der Waals surface area contributed by atoms with Gasteiger partial charge in [-0.2, -0.15) is 4.98 Å². The van der Waals surface area contributed by atoms with E-state index < -0.39 is 0 Å². The summed E-state index contributed by atoms with van der Waals surface area (Å²) in [4.78, 5) is 11.2. The summed E-state index contributed by atoms with van der Waals surface area (Å²) in [6.45, 7) is 3.04. The van der Waals surface area contributed by atoms with Gasteiger partial charge in [0.25, 0.3) is 5.89 Å². The molecule has 2 aromatic heterocycles. The zero-order valence-electron chi connectivity index (χ0n) is 13.2. The van der Waals surface area contributed by atoms with E-state index in [9.17, 15) is 0 Å². The number of hydrogen-bond acceptors (Lipinski definition) is 6. The van der Waals surface area contributed by atoms with E-state index >= 15 is 0 Å². The number of rotatable bonds is 4. The van der Waals surface area contributed by atoms with Gasteiger partial charge >= 0.3 is 0 Å². The van der Waals surface area contributed by atoms with Crippen molar-refractivity contribution in [2.75, 3.05) is 19.7 Å². The van der Waals surface area contributed by atoms with Gasteiger partial charge in [-0.3, -0.25) is 9.88 Å². The van der Waals surface area contributed by atoms with Gasteiger partial charge in [0.05, 0.1) is 12.3 Å². The van der Waals surface area contributed by atoms with Crippen LogP contribution in [0.4, 0.5) is 0 Å². The number of hydrogen-bond donors (Lipinski definition) is 0. The minimum Gasteiger partial charge on any atom is -0.367 e. The maximum atomic E-state index is 5.83. The van der Waals surface area contributed by atoms with E-state index in [-0.39, 0.29) is 6.10 Å². The lowest BCUT2D eigenvalue weighted by atomic mass is 10.2. The summed E-state index contributed by atoms with van der Waals surface area (Å²) < 4.78 is 11.2. The minimum atomic E-state index is -0.177. The fourth-order valence-electron chi connectivity index (χ4n) is 2.79. The first-order valence-electron chi connectivity index (χ1n) is 8.01. The number of aromatic nitrogens is 3. The molecule has 0 spiro atoms. The molecule has 1 aliphatic heterocycles. The Kier molecular flexibility index (Phi) is 4.31. The Morgan fingerprint density at radius 1 is 1.08 bits per heavy atom. The van der Waals surface area contributed by atoms with E-state index in [1.165, 1.54) is 0 Å². The fourth-order valence-corrected chi connectivity index (χ4v) is 2.79. The molecule has 4 rings (SSSR count). The van der Waals surface area contributed by atoms with Crippen LogP contribution < -0.4 is 0 Å². The van der Waals surface area contributed by atoms with Crippen LogP contribution in [0.5, 0.6) is 0 Å². The number of nitrogens with zero attached hydrogens (tertiary/aromatic N) is 4. The third-order valence-electron chi connectivity index (χ3n) is 4.01. The Morgan fingerprint density at radius 3 is 2.79 bits per heavy atom. The molecule has 24 heavy (non-hydrogen) atoms. The predicted molar refractivity (Wildman–Crippen MR) is 87.9 cm³/mol. The quantitative estimate of drug-likeness (QED) is 0.736. The SMILES string of the molecule is c1ccc(-c2nc(C3CN(Cc4ccccn4)CCO3)no2)cc1. The molecule has 6 heteroatoms. The van der Waals surface area contributed by atoms with Crippen molar-refractivity contribution in [2.24, 2.45) is 0 Å². The number of benzene rings is 1. The summed E-state index contributed by atoms with van der Waals surface area (Å²) in [5, 5.41) is 4.10. The topological polar surface area (TPSA) is 64.3 Å². The highest BCUT2D eigenvalue weighted by Crippen LogP contribution is 2.24. The molecule has 0 bridgehead atoms. The van der Waals surface area contributed by atoms with Gasteiger partial charge in [-0.05, 0) is 24.3 Å². The van der Waals surface area contributed by atoms with E-state index in [1.807, 2.05) is 54.7 Å². The van der Waals surface area contributed by atoms with Crippen molar-refractivity contribution in [1.29, 1.82) is 0 Å². The average Bonchev–Trinajstić information content (AvgIpc) is 3.14. The van der Waals surface area contributed by atoms with Crippen LogP contribution in [0.15, 0.2) is 59.3 Å². The van der Waals surface area contributed by atoms with Gasteiger partial charge in [-0.1, -0.05) is 29.4 Å². The maximum absolute atomic E-state index is 5.83. The minimum absolute atomic E-state index is 0.177. The molecule has 1 saturated heterocycles. The Balaban J connectivity index is 1.45. The standard InChI is InChI=1S/C18H18N4O2/c1-2-6-14(7-3-1)18-20-17(21-24-18)16-13-22(10-11-23-16)12-15-8-4-5-9-19-15/h1-9,16H,10-13H2. The highest BCUT2D eigenvalue weighted by atomic mass is 16.5. The van der Waals surface area contributed by atoms with Gasteiger partial charge in [0.2, 0.25) is 5.82 Å². The van der Waals surface area contributed by atoms with Crippen molar-refractivity contribution in [2.45, 2.75) is 12.6 Å². The largest absolute Gasteiger partial charge is 0.367 e. The molecule has 1 aromatic carbocycles. The van der Waals surface area contributed by atoms with Crippen LogP contribution in [0.3, 0.4) is 0 Å². The van der Waals surface area contributed by atoms with Gasteiger partial charge in [0, 0.05) is 31.4 Å². The van der Waals surface area contributed by atoms with Crippen LogP contribution in [0, 0.1) is 0 Å². The van der Waals surface area contributed by atoms with E-state index in [0.717, 1.165) is 30.9 Å². The molecular weight excluding hydrogens is 304 g/mol. The molecule has 0 radical (unpaired) electrons. The van der Waals surface area contributed by atoms with Gasteiger partial charge in [0.1, 0.15) is 6.10 Å². The van der Waals surface area contributed by atoms with Crippen LogP contribution in [0.2, 0.25) is 0 Å². The average molecular weight is 322 g/mol. The van der Waals surface area contributed by atoms with Crippen LogP contribution >= 0.6 is 0 Å². The fraction of sp³-hybridized carbons (Fsp3) is 0.278. The van der Waals surface area contributed by atoms with Crippen molar-refractivity contribution in [3.63, 3.8) is 0 Å². The molecule has 3 heterocycles. The Labute approximate surface area is 140 Å². The lowest BCUT2D eigenvalue weighted by Gasteiger charge is -2.31. The monoisotopic (exact) mass is 322 g/mol. The molecule has 0 saturated carbocycles. The Morgan fingerprint density at radius 2 is 1.96 bits per heavy atom. The molecular formula is C18H18N4O2. The van der Waals surface area contributed by atoms with Crippen LogP contribution in [0.1, 0.15) is 17.6 Å². The van der Waals surface area contributed by atoms with Crippen molar-refractivity contribution < 1.29 is 9.26 Å². The van der Waals surface area contributed by atoms with E-state index in [0.29, 0.717) is 18.3 Å². The van der Waals surface area contributed by atoms with Gasteiger partial charge < -0.3 is 9.26 Å². The van der Waals surface area contributed by atoms with Crippen molar-refractivity contribution in [3.8, 4) is 11.5 Å². The van der Waals surface area contributed by atoms with E-state index in [1.54, 1.807) is 0 Å². The second-order valence-electron chi connectivity index (χ2n) is 5.74. The molecule has 0 amide bonds. The lowest BCUT2D eigenvalue weighted by molar-refractivity contribution is -0.0384. The first kappa shape index (κ1) is 15.0. The van der Waals surface area contributed by atoms with Crippen LogP contribution in [-0.2, 0) is 11.3 Å². The molecule has 3 aromatic rings. The van der Waals surface area contributed by atoms with Gasteiger partial charge in [-0.25, -0.2) is 0 Å². The summed E-state index contributed by atoms with van der Waals surface area (Å²) >= 11 is 0. The first-order chi connectivity index (χ1) is 11.9. The summed E-state index contributed by atoms with van der Waals surface area (Å²) in [7, 11) is 0. The summed E-state index contributed by atoms with van der Waals surface area (Å²) in [6, 6.07) is 15.7. The molecule has 0 N–H and O–H groups in total. The smallest absolute Gasteiger partial charge is 0.258 e. The molecule has 1 aliphatic rings. The highest BCUT2D eigenvalue weighted by molar-refractivity contribution is 5.52. The second kappa shape index (κ2) is 6.90. The molecule has 122 valence electrons. The zero-order chi connectivity index (χ0) is 16.2. The van der Waals surface area contributed by atoms with Crippen molar-refractivity contribution in [3.05, 3.63) is 66.2 Å². The van der Waals surface area contributed by atoms with Crippen LogP contribution in [-0.4, -0.2) is 39.7 Å². The normalized spacial score (nSPS) is 18.6. The van der Waals surface area contributed by atoms with E-state index in [4.69, 9.17) is 9.26 Å². The molecule has 0 aliphatic carbocycles. The maximum Gasteiger partial charge on any atom is 0.258 e. The number of morpholine rings is 1. The summed E-state index contributed by atoms with van der Waals surface area (Å²) in [5.41, 5.74) is 1.97. The predicted octanol–water partition coefficient (Wildman–Crippen LogP) is 2.71. The molecule has 1 fully saturated rings. The van der Waals surface area contributed by atoms with E-state index in [2.05, 4.69) is 20.0 Å². The third kappa shape index (κ3) is 3.34. The summed E-state index contributed by atoms with van der Waals surface area (Å²) in [5.74, 6) is 1.12. The summed E-state index contributed by atoms with van der Waals surface area (Å²) in [6.07, 6.45) is 1.64. The molecule has 1 atom stereocenters. The zero-order valence-corrected chi connectivity index (χ0v) is 13.2. The second-order valence-corrected chi connectivity index (χ2v) is 5.74. The molecule has 1 unspecified atom stereocenters. The Hall–Kier alpha value is -2.57. The first-order valence-corrected chi connectivity index (χ1v) is 8.01. The Bertz CT molecular complexity index is 776. The van der Waals surface area contributed by atoms with Gasteiger partial charge in [0.15, 0.2) is 0 Å². The van der Waals surface area contributed by atoms with Gasteiger partial charge in [-0.15, -0.1) is 0 Å². The molecule has 6 nitrogen and oxygen atoms in total. The number of pyridine rings is 1. The van der Waals surface area contributed by atoms with Crippen molar-refractivity contribution in [1.82, 2.24) is 20.0 Å². The number of ether oxygens (including phenoxy) is 1. The van der Waals surface area contributed by atoms with Crippen LogP contribution in [0.25, 0.3) is 11.5 Å².